The number of fused-ring (bicyclic) bond motifs is 1. The molecule has 148 valence electrons. The molecule has 1 amide bonds. The number of amides is 1. The molecule has 1 aliphatic carbocycles. The van der Waals surface area contributed by atoms with E-state index >= 15 is 0 Å². The smallest absolute Gasteiger partial charge is 0.231 e. The molecule has 2 fully saturated rings. The second-order valence-electron chi connectivity index (χ2n) is 7.14. The molecule has 2 heterocycles. The average Bonchev–Trinajstić information content (AvgIpc) is 3.39. The molecular weight excluding hydrogens is 405 g/mol. The van der Waals surface area contributed by atoms with E-state index in [1.165, 1.54) is 0 Å². The van der Waals surface area contributed by atoms with E-state index in [1.807, 2.05) is 24.0 Å². The highest BCUT2D eigenvalue weighted by atomic mass is 35.5. The van der Waals surface area contributed by atoms with Gasteiger partial charge in [0.25, 0.3) is 0 Å². The summed E-state index contributed by atoms with van der Waals surface area (Å²) in [6.45, 7) is 7.31. The number of halogens is 2. The fourth-order valence-electron chi connectivity index (χ4n) is 3.39. The number of carbonyl (C=O) groups excluding carboxylic acids is 1. The summed E-state index contributed by atoms with van der Waals surface area (Å²) in [4.78, 5) is 22.0. The zero-order chi connectivity index (χ0) is 18.1. The molecule has 1 saturated carbocycles. The fraction of sp³-hybridized carbons (Fsp3) is 0.579. The van der Waals surface area contributed by atoms with Crippen LogP contribution in [0.5, 0.6) is 0 Å². The standard InChI is InChI=1S/C19H24ClN3O2S.ClH/c1-13-11-15(20)12-16-17(13)21-19(26-16)23(18(24)14-3-4-14)6-2-5-22-7-9-25-10-8-22;/h11-12,14H,2-10H2,1H3;1H. The van der Waals surface area contributed by atoms with Crippen molar-refractivity contribution in [3.8, 4) is 0 Å². The average molecular weight is 430 g/mol. The second kappa shape index (κ2) is 9.05. The van der Waals surface area contributed by atoms with Crippen LogP contribution in [0.4, 0.5) is 5.13 Å². The lowest BCUT2D eigenvalue weighted by molar-refractivity contribution is -0.119. The largest absolute Gasteiger partial charge is 0.379 e. The molecule has 0 radical (unpaired) electrons. The lowest BCUT2D eigenvalue weighted by Gasteiger charge is -2.27. The van der Waals surface area contributed by atoms with Gasteiger partial charge in [0.2, 0.25) is 5.91 Å². The van der Waals surface area contributed by atoms with Crippen LogP contribution in [-0.4, -0.2) is 55.2 Å². The maximum atomic E-state index is 12.8. The number of morpholine rings is 1. The first-order valence-corrected chi connectivity index (χ1v) is 10.5. The molecule has 8 heteroatoms. The summed E-state index contributed by atoms with van der Waals surface area (Å²) < 4.78 is 6.45. The molecule has 1 aliphatic heterocycles. The van der Waals surface area contributed by atoms with Gasteiger partial charge < -0.3 is 4.74 Å². The number of hydrogen-bond donors (Lipinski definition) is 0. The molecule has 5 nitrogen and oxygen atoms in total. The first-order valence-electron chi connectivity index (χ1n) is 9.30. The Hall–Kier alpha value is -0.920. The number of aryl methyl sites for hydroxylation is 1. The molecule has 0 spiro atoms. The van der Waals surface area contributed by atoms with Crippen molar-refractivity contribution in [3.05, 3.63) is 22.7 Å². The summed E-state index contributed by atoms with van der Waals surface area (Å²) in [6, 6.07) is 3.87. The first kappa shape index (κ1) is 20.8. The van der Waals surface area contributed by atoms with Crippen LogP contribution in [0.2, 0.25) is 5.02 Å². The van der Waals surface area contributed by atoms with Gasteiger partial charge in [-0.2, -0.15) is 0 Å². The quantitative estimate of drug-likeness (QED) is 0.691. The molecule has 2 aliphatic rings. The Balaban J connectivity index is 0.00000210. The Morgan fingerprint density at radius 1 is 1.37 bits per heavy atom. The van der Waals surface area contributed by atoms with Crippen LogP contribution in [-0.2, 0) is 9.53 Å². The molecule has 27 heavy (non-hydrogen) atoms. The van der Waals surface area contributed by atoms with E-state index in [1.54, 1.807) is 11.3 Å². The van der Waals surface area contributed by atoms with Gasteiger partial charge in [0.15, 0.2) is 5.13 Å². The van der Waals surface area contributed by atoms with Gasteiger partial charge in [0.05, 0.1) is 23.4 Å². The van der Waals surface area contributed by atoms with Crippen LogP contribution < -0.4 is 4.90 Å². The third kappa shape index (κ3) is 4.93. The van der Waals surface area contributed by atoms with E-state index in [9.17, 15) is 4.79 Å². The Labute approximate surface area is 175 Å². The fourth-order valence-corrected chi connectivity index (χ4v) is 4.84. The normalized spacial score (nSPS) is 17.7. The third-order valence-electron chi connectivity index (χ3n) is 5.02. The van der Waals surface area contributed by atoms with Crippen LogP contribution in [0.25, 0.3) is 10.2 Å². The summed E-state index contributed by atoms with van der Waals surface area (Å²) in [5, 5.41) is 1.53. The zero-order valence-electron chi connectivity index (χ0n) is 15.4. The van der Waals surface area contributed by atoms with Crippen molar-refractivity contribution in [2.24, 2.45) is 5.92 Å². The summed E-state index contributed by atoms with van der Waals surface area (Å²) in [5.41, 5.74) is 2.01. The minimum absolute atomic E-state index is 0. The van der Waals surface area contributed by atoms with Gasteiger partial charge in [-0.1, -0.05) is 22.9 Å². The Morgan fingerprint density at radius 3 is 2.81 bits per heavy atom. The molecule has 0 atom stereocenters. The lowest BCUT2D eigenvalue weighted by atomic mass is 10.2. The number of nitrogens with zero attached hydrogens (tertiary/aromatic N) is 3. The van der Waals surface area contributed by atoms with E-state index in [2.05, 4.69) is 4.90 Å². The van der Waals surface area contributed by atoms with Crippen molar-refractivity contribution >= 4 is 56.6 Å². The minimum atomic E-state index is 0. The number of thiazole rings is 1. The topological polar surface area (TPSA) is 45.7 Å². The Kier molecular flexibility index (Phi) is 6.98. The van der Waals surface area contributed by atoms with E-state index in [-0.39, 0.29) is 24.2 Å². The number of hydrogen-bond acceptors (Lipinski definition) is 5. The summed E-state index contributed by atoms with van der Waals surface area (Å²) >= 11 is 7.76. The molecular formula is C19H25Cl2N3O2S. The van der Waals surface area contributed by atoms with Crippen LogP contribution in [0.15, 0.2) is 12.1 Å². The van der Waals surface area contributed by atoms with Crippen molar-refractivity contribution in [2.75, 3.05) is 44.3 Å². The van der Waals surface area contributed by atoms with E-state index < -0.39 is 0 Å². The number of rotatable bonds is 6. The third-order valence-corrected chi connectivity index (χ3v) is 6.27. The summed E-state index contributed by atoms with van der Waals surface area (Å²) in [7, 11) is 0. The maximum absolute atomic E-state index is 12.8. The zero-order valence-corrected chi connectivity index (χ0v) is 17.8. The molecule has 1 aromatic carbocycles. The van der Waals surface area contributed by atoms with Gasteiger partial charge in [-0.3, -0.25) is 14.6 Å². The summed E-state index contributed by atoms with van der Waals surface area (Å²) in [6.07, 6.45) is 2.97. The molecule has 0 N–H and O–H groups in total. The van der Waals surface area contributed by atoms with Crippen molar-refractivity contribution in [1.82, 2.24) is 9.88 Å². The summed E-state index contributed by atoms with van der Waals surface area (Å²) in [5.74, 6) is 0.421. The molecule has 0 bridgehead atoms. The van der Waals surface area contributed by atoms with Gasteiger partial charge in [0.1, 0.15) is 0 Å². The van der Waals surface area contributed by atoms with E-state index in [0.717, 1.165) is 84.6 Å². The van der Waals surface area contributed by atoms with Crippen LogP contribution in [0, 0.1) is 12.8 Å². The van der Waals surface area contributed by atoms with Gasteiger partial charge >= 0.3 is 0 Å². The monoisotopic (exact) mass is 429 g/mol. The number of benzene rings is 1. The SMILES string of the molecule is Cc1cc(Cl)cc2sc(N(CCCN3CCOCC3)C(=O)C3CC3)nc12.Cl. The Bertz CT molecular complexity index is 804. The first-order chi connectivity index (χ1) is 12.6. The number of carbonyl (C=O) groups is 1. The van der Waals surface area contributed by atoms with Crippen molar-refractivity contribution < 1.29 is 9.53 Å². The van der Waals surface area contributed by atoms with Gasteiger partial charge in [-0.05, 0) is 43.9 Å². The Morgan fingerprint density at radius 2 is 2.11 bits per heavy atom. The number of anilines is 1. The number of ether oxygens (including phenoxy) is 1. The predicted molar refractivity (Wildman–Crippen MR) is 114 cm³/mol. The second-order valence-corrected chi connectivity index (χ2v) is 8.58. The minimum Gasteiger partial charge on any atom is -0.379 e. The van der Waals surface area contributed by atoms with E-state index in [0.29, 0.717) is 0 Å². The molecule has 0 unspecified atom stereocenters. The van der Waals surface area contributed by atoms with E-state index in [4.69, 9.17) is 21.3 Å². The van der Waals surface area contributed by atoms with Crippen molar-refractivity contribution in [2.45, 2.75) is 26.2 Å². The van der Waals surface area contributed by atoms with Gasteiger partial charge in [-0.15, -0.1) is 12.4 Å². The van der Waals surface area contributed by atoms with Gasteiger partial charge in [-0.25, -0.2) is 4.98 Å². The maximum Gasteiger partial charge on any atom is 0.231 e. The highest BCUT2D eigenvalue weighted by Gasteiger charge is 2.35. The molecule has 1 saturated heterocycles. The van der Waals surface area contributed by atoms with Crippen molar-refractivity contribution in [1.29, 1.82) is 0 Å². The molecule has 1 aromatic heterocycles. The van der Waals surface area contributed by atoms with Crippen LogP contribution in [0.1, 0.15) is 24.8 Å². The lowest BCUT2D eigenvalue weighted by Crippen LogP contribution is -2.39. The van der Waals surface area contributed by atoms with Crippen molar-refractivity contribution in [3.63, 3.8) is 0 Å². The number of aromatic nitrogens is 1. The predicted octanol–water partition coefficient (Wildman–Crippen LogP) is 4.15. The van der Waals surface area contributed by atoms with Crippen LogP contribution >= 0.6 is 35.3 Å². The molecule has 2 aromatic rings. The van der Waals surface area contributed by atoms with Gasteiger partial charge in [0, 0.05) is 37.1 Å². The highest BCUT2D eigenvalue weighted by Crippen LogP contribution is 2.37. The highest BCUT2D eigenvalue weighted by molar-refractivity contribution is 7.22. The van der Waals surface area contributed by atoms with Crippen LogP contribution in [0.3, 0.4) is 0 Å². The molecule has 4 rings (SSSR count).